The minimum Gasteiger partial charge on any atom is -0.380 e. The summed E-state index contributed by atoms with van der Waals surface area (Å²) in [6.07, 6.45) is 1.71. The zero-order valence-corrected chi connectivity index (χ0v) is 13.3. The van der Waals surface area contributed by atoms with E-state index in [-0.39, 0.29) is 5.91 Å². The quantitative estimate of drug-likeness (QED) is 0.942. The number of aromatic nitrogens is 1. The average molecular weight is 311 g/mol. The fourth-order valence-electron chi connectivity index (χ4n) is 2.46. The lowest BCUT2D eigenvalue weighted by Crippen LogP contribution is -2.41. The second-order valence-corrected chi connectivity index (χ2v) is 5.68. The van der Waals surface area contributed by atoms with E-state index in [1.54, 1.807) is 17.2 Å². The molecule has 0 unspecified atom stereocenters. The van der Waals surface area contributed by atoms with Crippen molar-refractivity contribution in [1.82, 2.24) is 9.88 Å². The predicted molar refractivity (Wildman–Crippen MR) is 89.5 cm³/mol. The van der Waals surface area contributed by atoms with Crippen molar-refractivity contribution in [2.45, 2.75) is 13.5 Å². The molecule has 2 heterocycles. The number of ether oxygens (including phenoxy) is 1. The van der Waals surface area contributed by atoms with Gasteiger partial charge < -0.3 is 15.0 Å². The number of nitrogens with zero attached hydrogens (tertiary/aromatic N) is 2. The Kier molecular flexibility index (Phi) is 4.88. The molecule has 1 N–H and O–H groups in total. The van der Waals surface area contributed by atoms with Gasteiger partial charge in [0.2, 0.25) is 0 Å². The zero-order chi connectivity index (χ0) is 16.1. The van der Waals surface area contributed by atoms with Gasteiger partial charge in [0.25, 0.3) is 5.91 Å². The Morgan fingerprint density at radius 1 is 1.17 bits per heavy atom. The molecular weight excluding hydrogens is 290 g/mol. The Balaban J connectivity index is 1.58. The van der Waals surface area contributed by atoms with Crippen LogP contribution in [-0.4, -0.2) is 42.1 Å². The summed E-state index contributed by atoms with van der Waals surface area (Å²) < 4.78 is 5.26. The average Bonchev–Trinajstić information content (AvgIpc) is 2.62. The molecule has 0 bridgehead atoms. The predicted octanol–water partition coefficient (Wildman–Crippen LogP) is 2.47. The standard InChI is InChI=1S/C18H21N3O2/c1-14-2-4-15(5-3-14)12-19-16-6-7-17(20-13-16)18(22)21-8-10-23-11-9-21/h2-7,13,19H,8-12H2,1H3. The van der Waals surface area contributed by atoms with E-state index in [1.165, 1.54) is 11.1 Å². The molecule has 3 rings (SSSR count). The van der Waals surface area contributed by atoms with E-state index in [9.17, 15) is 4.79 Å². The molecule has 1 aliphatic rings. The van der Waals surface area contributed by atoms with E-state index in [4.69, 9.17) is 4.74 Å². The normalized spacial score (nSPS) is 14.6. The molecule has 23 heavy (non-hydrogen) atoms. The second kappa shape index (κ2) is 7.24. The maximum atomic E-state index is 12.3. The van der Waals surface area contributed by atoms with Crippen LogP contribution in [0, 0.1) is 6.92 Å². The summed E-state index contributed by atoms with van der Waals surface area (Å²) in [4.78, 5) is 18.4. The summed E-state index contributed by atoms with van der Waals surface area (Å²) in [7, 11) is 0. The van der Waals surface area contributed by atoms with Crippen LogP contribution in [0.2, 0.25) is 0 Å². The van der Waals surface area contributed by atoms with E-state index in [0.29, 0.717) is 32.0 Å². The first-order valence-corrected chi connectivity index (χ1v) is 7.85. The largest absolute Gasteiger partial charge is 0.380 e. The third kappa shape index (κ3) is 4.07. The smallest absolute Gasteiger partial charge is 0.272 e. The molecule has 2 aromatic rings. The fraction of sp³-hybridized carbons (Fsp3) is 0.333. The molecule has 0 saturated carbocycles. The minimum absolute atomic E-state index is 0.0293. The monoisotopic (exact) mass is 311 g/mol. The number of nitrogens with one attached hydrogen (secondary N) is 1. The van der Waals surface area contributed by atoms with Crippen LogP contribution in [0.1, 0.15) is 21.6 Å². The molecule has 1 saturated heterocycles. The first-order valence-electron chi connectivity index (χ1n) is 7.85. The number of morpholine rings is 1. The van der Waals surface area contributed by atoms with Crippen molar-refractivity contribution in [2.75, 3.05) is 31.6 Å². The number of aryl methyl sites for hydroxylation is 1. The highest BCUT2D eigenvalue weighted by Gasteiger charge is 2.19. The first-order chi connectivity index (χ1) is 11.2. The van der Waals surface area contributed by atoms with Gasteiger partial charge in [0.05, 0.1) is 25.1 Å². The number of benzene rings is 1. The highest BCUT2D eigenvalue weighted by Crippen LogP contribution is 2.11. The summed E-state index contributed by atoms with van der Waals surface area (Å²) in [5, 5.41) is 3.32. The van der Waals surface area contributed by atoms with Crippen LogP contribution in [-0.2, 0) is 11.3 Å². The Bertz CT molecular complexity index is 647. The second-order valence-electron chi connectivity index (χ2n) is 5.68. The molecule has 1 aromatic carbocycles. The maximum absolute atomic E-state index is 12.3. The van der Waals surface area contributed by atoms with E-state index in [0.717, 1.165) is 12.2 Å². The van der Waals surface area contributed by atoms with Gasteiger partial charge in [-0.15, -0.1) is 0 Å². The summed E-state index contributed by atoms with van der Waals surface area (Å²) in [6.45, 7) is 5.27. The number of hydrogen-bond donors (Lipinski definition) is 1. The van der Waals surface area contributed by atoms with Gasteiger partial charge in [0, 0.05) is 19.6 Å². The highest BCUT2D eigenvalue weighted by molar-refractivity contribution is 5.92. The van der Waals surface area contributed by atoms with Gasteiger partial charge in [-0.1, -0.05) is 29.8 Å². The topological polar surface area (TPSA) is 54.5 Å². The molecular formula is C18H21N3O2. The summed E-state index contributed by atoms with van der Waals surface area (Å²) in [5.41, 5.74) is 3.85. The first kappa shape index (κ1) is 15.5. The molecule has 1 fully saturated rings. The van der Waals surface area contributed by atoms with Gasteiger partial charge in [-0.25, -0.2) is 4.98 Å². The lowest BCUT2D eigenvalue weighted by molar-refractivity contribution is 0.0299. The molecule has 120 valence electrons. The molecule has 0 radical (unpaired) electrons. The molecule has 5 nitrogen and oxygen atoms in total. The van der Waals surface area contributed by atoms with Crippen molar-refractivity contribution < 1.29 is 9.53 Å². The number of rotatable bonds is 4. The summed E-state index contributed by atoms with van der Waals surface area (Å²) in [6, 6.07) is 12.1. The van der Waals surface area contributed by atoms with E-state index in [2.05, 4.69) is 41.5 Å². The molecule has 1 aliphatic heterocycles. The summed E-state index contributed by atoms with van der Waals surface area (Å²) in [5.74, 6) is -0.0293. The lowest BCUT2D eigenvalue weighted by atomic mass is 10.1. The molecule has 1 amide bonds. The van der Waals surface area contributed by atoms with Crippen LogP contribution in [0.15, 0.2) is 42.6 Å². The summed E-state index contributed by atoms with van der Waals surface area (Å²) >= 11 is 0. The molecule has 0 aliphatic carbocycles. The van der Waals surface area contributed by atoms with Crippen molar-refractivity contribution in [3.8, 4) is 0 Å². The third-order valence-corrected chi connectivity index (χ3v) is 3.90. The number of pyridine rings is 1. The van der Waals surface area contributed by atoms with E-state index >= 15 is 0 Å². The lowest BCUT2D eigenvalue weighted by Gasteiger charge is -2.26. The Labute approximate surface area is 136 Å². The van der Waals surface area contributed by atoms with E-state index in [1.807, 2.05) is 6.07 Å². The van der Waals surface area contributed by atoms with E-state index < -0.39 is 0 Å². The molecule has 0 atom stereocenters. The van der Waals surface area contributed by atoms with Crippen molar-refractivity contribution in [2.24, 2.45) is 0 Å². The molecule has 1 aromatic heterocycles. The van der Waals surface area contributed by atoms with Crippen molar-refractivity contribution in [3.63, 3.8) is 0 Å². The molecule has 5 heteroatoms. The highest BCUT2D eigenvalue weighted by atomic mass is 16.5. The van der Waals surface area contributed by atoms with Crippen molar-refractivity contribution in [3.05, 3.63) is 59.4 Å². The van der Waals surface area contributed by atoms with Gasteiger partial charge >= 0.3 is 0 Å². The van der Waals surface area contributed by atoms with Gasteiger partial charge in [-0.05, 0) is 24.6 Å². The maximum Gasteiger partial charge on any atom is 0.272 e. The van der Waals surface area contributed by atoms with Crippen molar-refractivity contribution >= 4 is 11.6 Å². The number of hydrogen-bond acceptors (Lipinski definition) is 4. The minimum atomic E-state index is -0.0293. The number of carbonyl (C=O) groups excluding carboxylic acids is 1. The Hall–Kier alpha value is -2.40. The number of amides is 1. The zero-order valence-electron chi connectivity index (χ0n) is 13.3. The Morgan fingerprint density at radius 3 is 2.57 bits per heavy atom. The molecule has 0 spiro atoms. The third-order valence-electron chi connectivity index (χ3n) is 3.90. The van der Waals surface area contributed by atoms with Gasteiger partial charge in [0.1, 0.15) is 5.69 Å². The van der Waals surface area contributed by atoms with Crippen LogP contribution in [0.3, 0.4) is 0 Å². The van der Waals surface area contributed by atoms with Gasteiger partial charge in [0.15, 0.2) is 0 Å². The SMILES string of the molecule is Cc1ccc(CNc2ccc(C(=O)N3CCOCC3)nc2)cc1. The van der Waals surface area contributed by atoms with Crippen molar-refractivity contribution in [1.29, 1.82) is 0 Å². The van der Waals surface area contributed by atoms with Crippen LogP contribution in [0.25, 0.3) is 0 Å². The van der Waals surface area contributed by atoms with Crippen LogP contribution < -0.4 is 5.32 Å². The van der Waals surface area contributed by atoms with Gasteiger partial charge in [-0.3, -0.25) is 4.79 Å². The van der Waals surface area contributed by atoms with Crippen LogP contribution >= 0.6 is 0 Å². The van der Waals surface area contributed by atoms with Crippen LogP contribution in [0.4, 0.5) is 5.69 Å². The van der Waals surface area contributed by atoms with Crippen LogP contribution in [0.5, 0.6) is 0 Å². The fourth-order valence-corrected chi connectivity index (χ4v) is 2.46. The Morgan fingerprint density at radius 2 is 1.91 bits per heavy atom. The number of anilines is 1. The number of carbonyl (C=O) groups is 1. The van der Waals surface area contributed by atoms with Gasteiger partial charge in [-0.2, -0.15) is 0 Å².